The van der Waals surface area contributed by atoms with Crippen LogP contribution < -0.4 is 4.90 Å². The molecule has 1 saturated carbocycles. The van der Waals surface area contributed by atoms with Crippen molar-refractivity contribution in [1.82, 2.24) is 4.31 Å². The predicted octanol–water partition coefficient (Wildman–Crippen LogP) is 3.16. The number of sulfonamides is 1. The van der Waals surface area contributed by atoms with Crippen molar-refractivity contribution in [1.29, 1.82) is 0 Å². The Morgan fingerprint density at radius 2 is 1.75 bits per heavy atom. The van der Waals surface area contributed by atoms with Crippen LogP contribution in [0.25, 0.3) is 0 Å². The van der Waals surface area contributed by atoms with Gasteiger partial charge >= 0.3 is 0 Å². The number of hydrogen-bond donors (Lipinski definition) is 0. The maximum Gasteiger partial charge on any atom is 0.243 e. The van der Waals surface area contributed by atoms with Gasteiger partial charge in [0.15, 0.2) is 0 Å². The van der Waals surface area contributed by atoms with E-state index in [-0.39, 0.29) is 11.9 Å². The second-order valence-electron chi connectivity index (χ2n) is 6.64. The Balaban J connectivity index is 1.81. The molecule has 1 aromatic carbocycles. The van der Waals surface area contributed by atoms with Crippen molar-refractivity contribution in [2.24, 2.45) is 0 Å². The van der Waals surface area contributed by atoms with Crippen molar-refractivity contribution in [2.75, 3.05) is 18.0 Å². The van der Waals surface area contributed by atoms with Crippen LogP contribution in [0.5, 0.6) is 0 Å². The number of benzene rings is 1. The van der Waals surface area contributed by atoms with E-state index in [0.717, 1.165) is 37.8 Å². The summed E-state index contributed by atoms with van der Waals surface area (Å²) in [5, 5.41) is 0. The monoisotopic (exact) mass is 350 g/mol. The van der Waals surface area contributed by atoms with Crippen LogP contribution >= 0.6 is 0 Å². The first-order valence-corrected chi connectivity index (χ1v) is 10.4. The fourth-order valence-corrected chi connectivity index (χ4v) is 5.54. The molecule has 1 aliphatic heterocycles. The third-order valence-corrected chi connectivity index (χ3v) is 7.16. The van der Waals surface area contributed by atoms with Gasteiger partial charge in [0.1, 0.15) is 0 Å². The highest BCUT2D eigenvalue weighted by atomic mass is 32.2. The summed E-state index contributed by atoms with van der Waals surface area (Å²) in [6, 6.07) is 6.91. The van der Waals surface area contributed by atoms with Crippen molar-refractivity contribution >= 4 is 21.6 Å². The van der Waals surface area contributed by atoms with Crippen molar-refractivity contribution in [3.05, 3.63) is 24.3 Å². The van der Waals surface area contributed by atoms with Crippen LogP contribution in [0.1, 0.15) is 51.9 Å². The molecule has 5 nitrogen and oxygen atoms in total. The van der Waals surface area contributed by atoms with Gasteiger partial charge < -0.3 is 4.90 Å². The number of rotatable bonds is 5. The summed E-state index contributed by atoms with van der Waals surface area (Å²) >= 11 is 0. The highest BCUT2D eigenvalue weighted by Crippen LogP contribution is 2.29. The van der Waals surface area contributed by atoms with Gasteiger partial charge in [0, 0.05) is 31.2 Å². The van der Waals surface area contributed by atoms with Gasteiger partial charge in [0.2, 0.25) is 15.9 Å². The molecular formula is C18H26N2O3S. The van der Waals surface area contributed by atoms with E-state index < -0.39 is 10.0 Å². The van der Waals surface area contributed by atoms with Crippen LogP contribution in [0.4, 0.5) is 5.69 Å². The molecule has 1 saturated heterocycles. The largest absolute Gasteiger partial charge is 0.312 e. The van der Waals surface area contributed by atoms with E-state index in [0.29, 0.717) is 24.4 Å². The summed E-state index contributed by atoms with van der Waals surface area (Å²) in [4.78, 5) is 13.9. The highest BCUT2D eigenvalue weighted by Gasteiger charge is 2.31. The van der Waals surface area contributed by atoms with Gasteiger partial charge in [-0.25, -0.2) is 8.42 Å². The smallest absolute Gasteiger partial charge is 0.243 e. The fourth-order valence-electron chi connectivity index (χ4n) is 3.85. The van der Waals surface area contributed by atoms with E-state index in [1.807, 2.05) is 6.92 Å². The zero-order valence-electron chi connectivity index (χ0n) is 14.3. The molecule has 24 heavy (non-hydrogen) atoms. The molecule has 3 rings (SSSR count). The molecule has 132 valence electrons. The minimum absolute atomic E-state index is 0.114. The second-order valence-corrected chi connectivity index (χ2v) is 8.53. The Kier molecular flexibility index (Phi) is 5.25. The standard InChI is InChI=1S/C18H26N2O3S/c1-2-20(16-7-4-3-5-8-16)24(22,23)17-12-10-15(11-13-17)19-14-6-9-18(19)21/h10-13,16H,2-9,14H2,1H3. The Labute approximate surface area is 144 Å². The van der Waals surface area contributed by atoms with Crippen molar-refractivity contribution in [2.45, 2.75) is 62.8 Å². The number of hydrogen-bond acceptors (Lipinski definition) is 3. The molecule has 1 aromatic rings. The van der Waals surface area contributed by atoms with Gasteiger partial charge in [-0.05, 0) is 43.5 Å². The van der Waals surface area contributed by atoms with Crippen LogP contribution in [0, 0.1) is 0 Å². The maximum atomic E-state index is 13.0. The molecule has 6 heteroatoms. The van der Waals surface area contributed by atoms with Gasteiger partial charge in [-0.15, -0.1) is 0 Å². The van der Waals surface area contributed by atoms with E-state index in [1.165, 1.54) is 6.42 Å². The molecule has 0 unspecified atom stereocenters. The molecule has 2 aliphatic rings. The number of anilines is 1. The minimum Gasteiger partial charge on any atom is -0.312 e. The third kappa shape index (κ3) is 3.35. The van der Waals surface area contributed by atoms with E-state index in [1.54, 1.807) is 33.5 Å². The quantitative estimate of drug-likeness (QED) is 0.820. The molecule has 2 fully saturated rings. The lowest BCUT2D eigenvalue weighted by Gasteiger charge is -2.32. The summed E-state index contributed by atoms with van der Waals surface area (Å²) in [6.45, 7) is 3.12. The van der Waals surface area contributed by atoms with Gasteiger partial charge in [-0.1, -0.05) is 26.2 Å². The first kappa shape index (κ1) is 17.4. The number of carbonyl (C=O) groups is 1. The number of amides is 1. The number of carbonyl (C=O) groups excluding carboxylic acids is 1. The first-order valence-electron chi connectivity index (χ1n) is 8.96. The topological polar surface area (TPSA) is 57.7 Å². The average molecular weight is 350 g/mol. The van der Waals surface area contributed by atoms with Crippen LogP contribution in [-0.4, -0.2) is 37.8 Å². The van der Waals surface area contributed by atoms with Crippen LogP contribution in [0.2, 0.25) is 0 Å². The molecule has 0 atom stereocenters. The van der Waals surface area contributed by atoms with Crippen LogP contribution in [0.3, 0.4) is 0 Å². The predicted molar refractivity (Wildman–Crippen MR) is 94.5 cm³/mol. The molecule has 1 aliphatic carbocycles. The summed E-state index contributed by atoms with van der Waals surface area (Å²) in [5.74, 6) is 0.114. The zero-order chi connectivity index (χ0) is 17.2. The average Bonchev–Trinajstić information content (AvgIpc) is 3.02. The highest BCUT2D eigenvalue weighted by molar-refractivity contribution is 7.89. The maximum absolute atomic E-state index is 13.0. The first-order chi connectivity index (χ1) is 11.5. The van der Waals surface area contributed by atoms with Crippen molar-refractivity contribution in [3.63, 3.8) is 0 Å². The van der Waals surface area contributed by atoms with Crippen LogP contribution in [-0.2, 0) is 14.8 Å². The molecule has 0 spiro atoms. The fraction of sp³-hybridized carbons (Fsp3) is 0.611. The molecule has 1 heterocycles. The lowest BCUT2D eigenvalue weighted by molar-refractivity contribution is -0.117. The Morgan fingerprint density at radius 1 is 1.08 bits per heavy atom. The molecule has 0 aromatic heterocycles. The normalized spacial score (nSPS) is 20.1. The summed E-state index contributed by atoms with van der Waals surface area (Å²) in [6.07, 6.45) is 6.75. The lowest BCUT2D eigenvalue weighted by Crippen LogP contribution is -2.41. The molecule has 1 amide bonds. The lowest BCUT2D eigenvalue weighted by atomic mass is 9.95. The Hall–Kier alpha value is -1.40. The van der Waals surface area contributed by atoms with Crippen molar-refractivity contribution in [3.8, 4) is 0 Å². The zero-order valence-corrected chi connectivity index (χ0v) is 15.1. The van der Waals surface area contributed by atoms with E-state index in [9.17, 15) is 13.2 Å². The molecular weight excluding hydrogens is 324 g/mol. The second kappa shape index (κ2) is 7.23. The molecule has 0 radical (unpaired) electrons. The molecule has 0 N–H and O–H groups in total. The third-order valence-electron chi connectivity index (χ3n) is 5.12. The van der Waals surface area contributed by atoms with Crippen molar-refractivity contribution < 1.29 is 13.2 Å². The minimum atomic E-state index is -3.47. The number of nitrogens with zero attached hydrogens (tertiary/aromatic N) is 2. The van der Waals surface area contributed by atoms with E-state index in [4.69, 9.17) is 0 Å². The Morgan fingerprint density at radius 3 is 2.29 bits per heavy atom. The van der Waals surface area contributed by atoms with E-state index in [2.05, 4.69) is 0 Å². The summed E-state index contributed by atoms with van der Waals surface area (Å²) in [5.41, 5.74) is 0.789. The van der Waals surface area contributed by atoms with Gasteiger partial charge in [-0.3, -0.25) is 4.79 Å². The summed E-state index contributed by atoms with van der Waals surface area (Å²) in [7, 11) is -3.47. The van der Waals surface area contributed by atoms with Gasteiger partial charge in [0.25, 0.3) is 0 Å². The molecule has 0 bridgehead atoms. The van der Waals surface area contributed by atoms with Gasteiger partial charge in [-0.2, -0.15) is 4.31 Å². The van der Waals surface area contributed by atoms with Crippen LogP contribution in [0.15, 0.2) is 29.2 Å². The van der Waals surface area contributed by atoms with Gasteiger partial charge in [0.05, 0.1) is 4.90 Å². The van der Waals surface area contributed by atoms with E-state index >= 15 is 0 Å². The Bertz CT molecular complexity index is 679. The summed E-state index contributed by atoms with van der Waals surface area (Å²) < 4.78 is 27.7. The SMILES string of the molecule is CCN(C1CCCCC1)S(=O)(=O)c1ccc(N2CCCC2=O)cc1.